The Balaban J connectivity index is 3.13. The second-order valence-corrected chi connectivity index (χ2v) is 2.61. The van der Waals surface area contributed by atoms with Crippen LogP contribution in [0.2, 0.25) is 5.15 Å². The lowest BCUT2D eigenvalue weighted by atomic mass is 10.2. The fourth-order valence-electron chi connectivity index (χ4n) is 0.829. The summed E-state index contributed by atoms with van der Waals surface area (Å²) in [4.78, 5) is 13.5. The first kappa shape index (κ1) is 8.93. The van der Waals surface area contributed by atoms with Gasteiger partial charge in [0.2, 0.25) is 0 Å². The van der Waals surface area contributed by atoms with Crippen molar-refractivity contribution in [2.24, 2.45) is 0 Å². The fraction of sp³-hybridized carbons (Fsp3) is 0.286. The van der Waals surface area contributed by atoms with Gasteiger partial charge in [0.05, 0.1) is 4.92 Å². The third-order valence-corrected chi connectivity index (χ3v) is 1.83. The van der Waals surface area contributed by atoms with Gasteiger partial charge in [-0.15, -0.1) is 0 Å². The molecule has 0 aliphatic carbocycles. The monoisotopic (exact) mass is 186 g/mol. The van der Waals surface area contributed by atoms with Gasteiger partial charge in [-0.3, -0.25) is 10.1 Å². The standard InChI is InChI=1S/C7H7ClN2O2/c1-2-5-3-6(10(11)12)4-9-7(5)8/h3-4H,2H2,1H3. The van der Waals surface area contributed by atoms with Crippen molar-refractivity contribution in [1.82, 2.24) is 4.98 Å². The first-order chi connectivity index (χ1) is 5.65. The number of nitrogens with zero attached hydrogens (tertiary/aromatic N) is 2. The van der Waals surface area contributed by atoms with Gasteiger partial charge in [0.1, 0.15) is 11.3 Å². The third kappa shape index (κ3) is 1.71. The Morgan fingerprint density at radius 2 is 2.42 bits per heavy atom. The highest BCUT2D eigenvalue weighted by Gasteiger charge is 2.08. The summed E-state index contributed by atoms with van der Waals surface area (Å²) in [6, 6.07) is 1.44. The van der Waals surface area contributed by atoms with Crippen LogP contribution < -0.4 is 0 Å². The number of aromatic nitrogens is 1. The van der Waals surface area contributed by atoms with Crippen LogP contribution in [0.15, 0.2) is 12.3 Å². The van der Waals surface area contributed by atoms with E-state index in [4.69, 9.17) is 11.6 Å². The first-order valence-corrected chi connectivity index (χ1v) is 3.81. The molecule has 4 nitrogen and oxygen atoms in total. The predicted octanol–water partition coefficient (Wildman–Crippen LogP) is 2.21. The number of hydrogen-bond acceptors (Lipinski definition) is 3. The highest BCUT2D eigenvalue weighted by Crippen LogP contribution is 2.18. The Hall–Kier alpha value is -1.16. The van der Waals surface area contributed by atoms with Crippen molar-refractivity contribution in [3.8, 4) is 0 Å². The summed E-state index contributed by atoms with van der Waals surface area (Å²) < 4.78 is 0. The van der Waals surface area contributed by atoms with Gasteiger partial charge < -0.3 is 0 Å². The molecule has 5 heteroatoms. The average molecular weight is 187 g/mol. The summed E-state index contributed by atoms with van der Waals surface area (Å²) in [6.07, 6.45) is 1.80. The molecule has 0 saturated carbocycles. The molecule has 0 unspecified atom stereocenters. The van der Waals surface area contributed by atoms with Crippen LogP contribution in [0.1, 0.15) is 12.5 Å². The van der Waals surface area contributed by atoms with Crippen molar-refractivity contribution < 1.29 is 4.92 Å². The second kappa shape index (κ2) is 3.49. The molecule has 1 heterocycles. The SMILES string of the molecule is CCc1cc([N+](=O)[O-])cnc1Cl. The van der Waals surface area contributed by atoms with Crippen molar-refractivity contribution in [2.75, 3.05) is 0 Å². The Morgan fingerprint density at radius 1 is 1.75 bits per heavy atom. The van der Waals surface area contributed by atoms with E-state index in [0.717, 1.165) is 6.20 Å². The molecule has 0 saturated heterocycles. The minimum Gasteiger partial charge on any atom is -0.258 e. The van der Waals surface area contributed by atoms with Crippen LogP contribution in [0.3, 0.4) is 0 Å². The maximum Gasteiger partial charge on any atom is 0.287 e. The molecule has 0 aliphatic rings. The first-order valence-electron chi connectivity index (χ1n) is 3.44. The van der Waals surface area contributed by atoms with Crippen LogP contribution in [0.4, 0.5) is 5.69 Å². The van der Waals surface area contributed by atoms with Gasteiger partial charge in [-0.25, -0.2) is 4.98 Å². The lowest BCUT2D eigenvalue weighted by molar-refractivity contribution is -0.385. The molecule has 1 aromatic heterocycles. The number of aryl methyl sites for hydroxylation is 1. The molecule has 0 aliphatic heterocycles. The largest absolute Gasteiger partial charge is 0.287 e. The minimum absolute atomic E-state index is 0.0174. The summed E-state index contributed by atoms with van der Waals surface area (Å²) in [5.74, 6) is 0. The van der Waals surface area contributed by atoms with Crippen molar-refractivity contribution in [3.63, 3.8) is 0 Å². The summed E-state index contributed by atoms with van der Waals surface area (Å²) >= 11 is 5.67. The zero-order valence-corrected chi connectivity index (χ0v) is 7.21. The van der Waals surface area contributed by atoms with Crippen LogP contribution in [0.5, 0.6) is 0 Å². The molecule has 0 N–H and O–H groups in total. The highest BCUT2D eigenvalue weighted by atomic mass is 35.5. The van der Waals surface area contributed by atoms with Crippen LogP contribution in [0, 0.1) is 10.1 Å². The van der Waals surface area contributed by atoms with Crippen molar-refractivity contribution in [1.29, 1.82) is 0 Å². The van der Waals surface area contributed by atoms with E-state index in [-0.39, 0.29) is 5.69 Å². The number of hydrogen-bond donors (Lipinski definition) is 0. The zero-order valence-electron chi connectivity index (χ0n) is 6.45. The van der Waals surface area contributed by atoms with Crippen LogP contribution in [-0.2, 0) is 6.42 Å². The summed E-state index contributed by atoms with van der Waals surface area (Å²) in [7, 11) is 0. The molecule has 0 fully saturated rings. The lowest BCUT2D eigenvalue weighted by Crippen LogP contribution is -1.92. The van der Waals surface area contributed by atoms with Crippen LogP contribution in [0.25, 0.3) is 0 Å². The third-order valence-electron chi connectivity index (χ3n) is 1.49. The molecule has 0 amide bonds. The van der Waals surface area contributed by atoms with Crippen LogP contribution >= 0.6 is 11.6 Å². The molecule has 1 aromatic rings. The molecule has 0 radical (unpaired) electrons. The maximum atomic E-state index is 10.3. The van der Waals surface area contributed by atoms with Gasteiger partial charge in [-0.1, -0.05) is 18.5 Å². The minimum atomic E-state index is -0.484. The van der Waals surface area contributed by atoms with E-state index in [9.17, 15) is 10.1 Å². The van der Waals surface area contributed by atoms with Gasteiger partial charge in [-0.2, -0.15) is 0 Å². The van der Waals surface area contributed by atoms with Gasteiger partial charge in [0.15, 0.2) is 0 Å². The van der Waals surface area contributed by atoms with E-state index in [1.807, 2.05) is 6.92 Å². The number of halogens is 1. The van der Waals surface area contributed by atoms with E-state index < -0.39 is 4.92 Å². The smallest absolute Gasteiger partial charge is 0.258 e. The van der Waals surface area contributed by atoms with E-state index in [1.54, 1.807) is 0 Å². The van der Waals surface area contributed by atoms with E-state index in [0.29, 0.717) is 17.1 Å². The molecular weight excluding hydrogens is 180 g/mol. The maximum absolute atomic E-state index is 10.3. The number of rotatable bonds is 2. The Labute approximate surface area is 74.3 Å². The van der Waals surface area contributed by atoms with Crippen molar-refractivity contribution in [2.45, 2.75) is 13.3 Å². The number of nitro groups is 1. The van der Waals surface area contributed by atoms with E-state index >= 15 is 0 Å². The second-order valence-electron chi connectivity index (χ2n) is 2.25. The molecule has 0 bridgehead atoms. The summed E-state index contributed by atoms with van der Waals surface area (Å²) in [5.41, 5.74) is 0.683. The molecule has 0 atom stereocenters. The molecule has 1 rings (SSSR count). The molecule has 64 valence electrons. The quantitative estimate of drug-likeness (QED) is 0.404. The number of pyridine rings is 1. The Morgan fingerprint density at radius 3 is 2.92 bits per heavy atom. The zero-order chi connectivity index (χ0) is 9.14. The average Bonchev–Trinajstić information content (AvgIpc) is 2.05. The molecule has 12 heavy (non-hydrogen) atoms. The fourth-order valence-corrected chi connectivity index (χ4v) is 1.07. The summed E-state index contributed by atoms with van der Waals surface area (Å²) in [6.45, 7) is 1.87. The molecule has 0 aromatic carbocycles. The summed E-state index contributed by atoms with van der Waals surface area (Å²) in [5, 5.41) is 10.6. The van der Waals surface area contributed by atoms with Gasteiger partial charge in [0, 0.05) is 6.07 Å². The van der Waals surface area contributed by atoms with Gasteiger partial charge >= 0.3 is 0 Å². The van der Waals surface area contributed by atoms with Gasteiger partial charge in [-0.05, 0) is 12.0 Å². The highest BCUT2D eigenvalue weighted by molar-refractivity contribution is 6.30. The van der Waals surface area contributed by atoms with E-state index in [1.165, 1.54) is 6.07 Å². The Kier molecular flexibility index (Phi) is 2.60. The van der Waals surface area contributed by atoms with E-state index in [2.05, 4.69) is 4.98 Å². The Bertz CT molecular complexity index is 314. The van der Waals surface area contributed by atoms with Gasteiger partial charge in [0.25, 0.3) is 5.69 Å². The topological polar surface area (TPSA) is 56.0 Å². The van der Waals surface area contributed by atoms with Crippen molar-refractivity contribution >= 4 is 17.3 Å². The van der Waals surface area contributed by atoms with Crippen molar-refractivity contribution in [3.05, 3.63) is 33.1 Å². The molecular formula is C7H7ClN2O2. The molecule has 0 spiro atoms. The van der Waals surface area contributed by atoms with Crippen LogP contribution in [-0.4, -0.2) is 9.91 Å². The predicted molar refractivity (Wildman–Crippen MR) is 45.3 cm³/mol. The normalized spacial score (nSPS) is 9.83. The lowest BCUT2D eigenvalue weighted by Gasteiger charge is -1.97.